The maximum atomic E-state index is 12.8. The molecule has 3 aromatic rings. The summed E-state index contributed by atoms with van der Waals surface area (Å²) in [6.45, 7) is -0.220. The zero-order valence-corrected chi connectivity index (χ0v) is 13.0. The Morgan fingerprint density at radius 3 is 2.71 bits per heavy atom. The van der Waals surface area contributed by atoms with E-state index in [4.69, 9.17) is 11.6 Å². The zero-order chi connectivity index (χ0) is 17.1. The Kier molecular flexibility index (Phi) is 4.43. The molecule has 1 amide bonds. The number of carbonyl (C=O) groups is 1. The molecule has 2 aromatic carbocycles. The van der Waals surface area contributed by atoms with E-state index >= 15 is 0 Å². The molecule has 8 heteroatoms. The third-order valence-electron chi connectivity index (χ3n) is 3.29. The van der Waals surface area contributed by atoms with E-state index < -0.39 is 5.91 Å². The van der Waals surface area contributed by atoms with Crippen LogP contribution in [0.15, 0.2) is 53.6 Å². The number of anilines is 1. The van der Waals surface area contributed by atoms with Crippen LogP contribution in [-0.4, -0.2) is 15.5 Å². The fraction of sp³-hybridized carbons (Fsp3) is 0.0625. The highest BCUT2D eigenvalue weighted by atomic mass is 35.5. The molecule has 1 heterocycles. The third-order valence-corrected chi connectivity index (χ3v) is 3.53. The second-order valence-corrected chi connectivity index (χ2v) is 5.46. The monoisotopic (exact) mass is 346 g/mol. The lowest BCUT2D eigenvalue weighted by molar-refractivity contribution is -0.121. The second-order valence-electron chi connectivity index (χ2n) is 5.02. The smallest absolute Gasteiger partial charge is 0.261 e. The Morgan fingerprint density at radius 1 is 1.21 bits per heavy atom. The molecule has 0 unspecified atom stereocenters. The molecule has 0 saturated carbocycles. The molecule has 0 aliphatic carbocycles. The molecular formula is C16H12ClFN4O2. The van der Waals surface area contributed by atoms with Crippen molar-refractivity contribution in [3.05, 3.63) is 70.0 Å². The molecule has 0 fully saturated rings. The van der Waals surface area contributed by atoms with Crippen LogP contribution >= 0.6 is 11.6 Å². The van der Waals surface area contributed by atoms with Gasteiger partial charge in [0.2, 0.25) is 0 Å². The Hall–Kier alpha value is -2.93. The van der Waals surface area contributed by atoms with Gasteiger partial charge in [0.1, 0.15) is 12.4 Å². The lowest BCUT2D eigenvalue weighted by atomic mass is 10.2. The number of rotatable bonds is 4. The van der Waals surface area contributed by atoms with Gasteiger partial charge in [-0.25, -0.2) is 9.37 Å². The van der Waals surface area contributed by atoms with Crippen molar-refractivity contribution < 1.29 is 9.18 Å². The van der Waals surface area contributed by atoms with Crippen LogP contribution in [0.25, 0.3) is 10.9 Å². The summed E-state index contributed by atoms with van der Waals surface area (Å²) in [5.74, 6) is -0.830. The van der Waals surface area contributed by atoms with E-state index in [0.29, 0.717) is 21.6 Å². The van der Waals surface area contributed by atoms with E-state index in [0.717, 1.165) is 0 Å². The molecule has 122 valence electrons. The van der Waals surface area contributed by atoms with Gasteiger partial charge in [-0.3, -0.25) is 25.0 Å². The molecule has 0 atom stereocenters. The number of fused-ring (bicyclic) bond motifs is 1. The van der Waals surface area contributed by atoms with Gasteiger partial charge >= 0.3 is 0 Å². The van der Waals surface area contributed by atoms with Crippen LogP contribution in [0.2, 0.25) is 5.02 Å². The van der Waals surface area contributed by atoms with E-state index in [2.05, 4.69) is 15.8 Å². The number of carbonyl (C=O) groups excluding carboxylic acids is 1. The maximum absolute atomic E-state index is 12.8. The Morgan fingerprint density at radius 2 is 1.96 bits per heavy atom. The lowest BCUT2D eigenvalue weighted by Gasteiger charge is -2.10. The summed E-state index contributed by atoms with van der Waals surface area (Å²) in [5.41, 5.74) is 5.72. The van der Waals surface area contributed by atoms with Crippen molar-refractivity contribution in [3.8, 4) is 0 Å². The molecule has 0 radical (unpaired) electrons. The topological polar surface area (TPSA) is 76.0 Å². The van der Waals surface area contributed by atoms with Crippen molar-refractivity contribution in [2.75, 3.05) is 5.43 Å². The minimum Gasteiger partial charge on any atom is -0.299 e. The van der Waals surface area contributed by atoms with Gasteiger partial charge in [0.15, 0.2) is 0 Å². The average molecular weight is 347 g/mol. The van der Waals surface area contributed by atoms with Crippen molar-refractivity contribution in [2.24, 2.45) is 0 Å². The van der Waals surface area contributed by atoms with Crippen molar-refractivity contribution in [3.63, 3.8) is 0 Å². The molecule has 0 aliphatic rings. The number of benzene rings is 2. The predicted molar refractivity (Wildman–Crippen MR) is 89.2 cm³/mol. The predicted octanol–water partition coefficient (Wildman–Crippen LogP) is 2.33. The van der Waals surface area contributed by atoms with Gasteiger partial charge in [0.05, 0.1) is 22.9 Å². The summed E-state index contributed by atoms with van der Waals surface area (Å²) < 4.78 is 14.0. The number of amides is 1. The quantitative estimate of drug-likeness (QED) is 0.711. The minimum atomic E-state index is -0.454. The number of halogens is 2. The largest absolute Gasteiger partial charge is 0.299 e. The zero-order valence-electron chi connectivity index (χ0n) is 12.3. The first-order valence-electron chi connectivity index (χ1n) is 6.98. The standard InChI is InChI=1S/C16H12ClFN4O2/c17-10-1-6-14-13(7-10)16(24)22(9-19-14)8-15(23)21-20-12-4-2-11(18)3-5-12/h1-7,9,20H,8H2,(H,21,23). The summed E-state index contributed by atoms with van der Waals surface area (Å²) in [5, 5.41) is 0.755. The minimum absolute atomic E-state index is 0.220. The van der Waals surface area contributed by atoms with Crippen molar-refractivity contribution in [1.82, 2.24) is 15.0 Å². The van der Waals surface area contributed by atoms with Gasteiger partial charge in [-0.2, -0.15) is 0 Å². The van der Waals surface area contributed by atoms with Gasteiger partial charge in [0.25, 0.3) is 11.5 Å². The number of hydrogen-bond acceptors (Lipinski definition) is 4. The van der Waals surface area contributed by atoms with Crippen LogP contribution < -0.4 is 16.4 Å². The van der Waals surface area contributed by atoms with Gasteiger partial charge in [-0.1, -0.05) is 11.6 Å². The highest BCUT2D eigenvalue weighted by Crippen LogP contribution is 2.14. The fourth-order valence-corrected chi connectivity index (χ4v) is 2.29. The highest BCUT2D eigenvalue weighted by Gasteiger charge is 2.08. The van der Waals surface area contributed by atoms with Gasteiger partial charge < -0.3 is 0 Å². The van der Waals surface area contributed by atoms with E-state index in [1.165, 1.54) is 41.2 Å². The van der Waals surface area contributed by atoms with Crippen LogP contribution in [0.3, 0.4) is 0 Å². The van der Waals surface area contributed by atoms with Gasteiger partial charge in [0, 0.05) is 5.02 Å². The molecule has 2 N–H and O–H groups in total. The van der Waals surface area contributed by atoms with Crippen LogP contribution in [0.4, 0.5) is 10.1 Å². The van der Waals surface area contributed by atoms with E-state index in [1.807, 2.05) is 0 Å². The Bertz CT molecular complexity index is 956. The van der Waals surface area contributed by atoms with Crippen LogP contribution in [0.1, 0.15) is 0 Å². The summed E-state index contributed by atoms with van der Waals surface area (Å²) in [6.07, 6.45) is 1.30. The molecule has 24 heavy (non-hydrogen) atoms. The molecular weight excluding hydrogens is 335 g/mol. The number of aromatic nitrogens is 2. The van der Waals surface area contributed by atoms with E-state index in [9.17, 15) is 14.0 Å². The lowest BCUT2D eigenvalue weighted by Crippen LogP contribution is -2.35. The normalized spacial score (nSPS) is 10.6. The van der Waals surface area contributed by atoms with Crippen LogP contribution in [-0.2, 0) is 11.3 Å². The second kappa shape index (κ2) is 6.67. The summed E-state index contributed by atoms with van der Waals surface area (Å²) in [7, 11) is 0. The average Bonchev–Trinajstić information content (AvgIpc) is 2.57. The Balaban J connectivity index is 1.72. The van der Waals surface area contributed by atoms with Crippen molar-refractivity contribution in [1.29, 1.82) is 0 Å². The van der Waals surface area contributed by atoms with Gasteiger partial charge in [-0.05, 0) is 42.5 Å². The molecule has 0 spiro atoms. The van der Waals surface area contributed by atoms with Crippen molar-refractivity contribution >= 4 is 34.1 Å². The number of hydrogen-bond donors (Lipinski definition) is 2. The number of hydrazine groups is 1. The fourth-order valence-electron chi connectivity index (χ4n) is 2.11. The molecule has 0 bridgehead atoms. The number of nitrogens with one attached hydrogen (secondary N) is 2. The van der Waals surface area contributed by atoms with E-state index in [-0.39, 0.29) is 17.9 Å². The number of nitrogens with zero attached hydrogens (tertiary/aromatic N) is 2. The summed E-state index contributed by atoms with van der Waals surface area (Å²) >= 11 is 5.89. The first kappa shape index (κ1) is 15.9. The SMILES string of the molecule is O=C(Cn1cnc2ccc(Cl)cc2c1=O)NNc1ccc(F)cc1. The first-order valence-corrected chi connectivity index (χ1v) is 7.36. The molecule has 3 rings (SSSR count). The third kappa shape index (κ3) is 3.52. The van der Waals surface area contributed by atoms with Gasteiger partial charge in [-0.15, -0.1) is 0 Å². The highest BCUT2D eigenvalue weighted by molar-refractivity contribution is 6.31. The molecule has 6 nitrogen and oxygen atoms in total. The van der Waals surface area contributed by atoms with Crippen LogP contribution in [0, 0.1) is 5.82 Å². The molecule has 1 aromatic heterocycles. The first-order chi connectivity index (χ1) is 11.5. The van der Waals surface area contributed by atoms with E-state index in [1.54, 1.807) is 12.1 Å². The molecule has 0 saturated heterocycles. The maximum Gasteiger partial charge on any atom is 0.261 e. The van der Waals surface area contributed by atoms with Crippen LogP contribution in [0.5, 0.6) is 0 Å². The molecule has 0 aliphatic heterocycles. The van der Waals surface area contributed by atoms with Crippen molar-refractivity contribution in [2.45, 2.75) is 6.54 Å². The summed E-state index contributed by atoms with van der Waals surface area (Å²) in [6, 6.07) is 10.3. The Labute approximate surface area is 140 Å². The summed E-state index contributed by atoms with van der Waals surface area (Å²) in [4.78, 5) is 28.4.